The first-order chi connectivity index (χ1) is 8.11. The largest absolute Gasteiger partial charge is 0.383 e. The molecule has 7 nitrogen and oxygen atoms in total. The van der Waals surface area contributed by atoms with E-state index in [0.29, 0.717) is 11.6 Å². The van der Waals surface area contributed by atoms with Crippen molar-refractivity contribution >= 4 is 17.6 Å². The summed E-state index contributed by atoms with van der Waals surface area (Å²) in [7, 11) is 3.72. The first kappa shape index (κ1) is 13.5. The number of aromatic nitrogens is 2. The van der Waals surface area contributed by atoms with Crippen molar-refractivity contribution in [3.63, 3.8) is 0 Å². The molecule has 0 atom stereocenters. The Morgan fingerprint density at radius 1 is 1.35 bits per heavy atom. The van der Waals surface area contributed by atoms with E-state index in [4.69, 9.17) is 16.2 Å². The van der Waals surface area contributed by atoms with Crippen LogP contribution in [0.2, 0.25) is 0 Å². The fraction of sp³-hybridized carbons (Fsp3) is 0.600. The zero-order valence-electron chi connectivity index (χ0n) is 10.3. The minimum Gasteiger partial charge on any atom is -0.383 e. The first-order valence-corrected chi connectivity index (χ1v) is 5.43. The lowest BCUT2D eigenvalue weighted by Gasteiger charge is -2.16. The van der Waals surface area contributed by atoms with Gasteiger partial charge in [0.2, 0.25) is 5.95 Å². The van der Waals surface area contributed by atoms with Gasteiger partial charge in [0.05, 0.1) is 6.61 Å². The molecule has 0 aliphatic heterocycles. The maximum Gasteiger partial charge on any atom is 0.223 e. The summed E-state index contributed by atoms with van der Waals surface area (Å²) in [4.78, 5) is 9.98. The molecule has 1 heterocycles. The Morgan fingerprint density at radius 3 is 2.76 bits per heavy atom. The van der Waals surface area contributed by atoms with E-state index < -0.39 is 0 Å². The molecule has 0 saturated carbocycles. The van der Waals surface area contributed by atoms with E-state index in [-0.39, 0.29) is 5.95 Å². The second-order valence-corrected chi connectivity index (χ2v) is 3.76. The second kappa shape index (κ2) is 6.87. The van der Waals surface area contributed by atoms with Crippen LogP contribution in [0.4, 0.5) is 17.6 Å². The van der Waals surface area contributed by atoms with Crippen LogP contribution in [-0.4, -0.2) is 55.3 Å². The molecule has 7 heteroatoms. The Kier molecular flexibility index (Phi) is 5.44. The van der Waals surface area contributed by atoms with Crippen molar-refractivity contribution in [3.8, 4) is 0 Å². The maximum atomic E-state index is 5.56. The highest BCUT2D eigenvalue weighted by Gasteiger charge is 2.00. The quantitative estimate of drug-likeness (QED) is 0.597. The number of nitrogen functional groups attached to an aromatic ring is 2. The zero-order valence-corrected chi connectivity index (χ0v) is 10.3. The number of hydrogen-bond donors (Lipinski definition) is 3. The summed E-state index contributed by atoms with van der Waals surface area (Å²) in [6.07, 6.45) is 0. The van der Waals surface area contributed by atoms with Gasteiger partial charge in [-0.25, -0.2) is 0 Å². The predicted molar refractivity (Wildman–Crippen MR) is 68.7 cm³/mol. The topological polar surface area (TPSA) is 102 Å². The van der Waals surface area contributed by atoms with Gasteiger partial charge >= 0.3 is 0 Å². The van der Waals surface area contributed by atoms with Gasteiger partial charge in [0.1, 0.15) is 11.6 Å². The molecule has 0 spiro atoms. The van der Waals surface area contributed by atoms with Crippen LogP contribution >= 0.6 is 0 Å². The van der Waals surface area contributed by atoms with Crippen LogP contribution in [0.25, 0.3) is 0 Å². The molecule has 1 aromatic rings. The number of rotatable bonds is 7. The second-order valence-electron chi connectivity index (χ2n) is 3.76. The molecule has 0 fully saturated rings. The summed E-state index contributed by atoms with van der Waals surface area (Å²) in [5, 5.41) is 3.14. The van der Waals surface area contributed by atoms with Crippen LogP contribution in [0.3, 0.4) is 0 Å². The number of methoxy groups -OCH3 is 1. The summed E-state index contributed by atoms with van der Waals surface area (Å²) in [6, 6.07) is 1.66. The van der Waals surface area contributed by atoms with Gasteiger partial charge in [0.15, 0.2) is 0 Å². The first-order valence-electron chi connectivity index (χ1n) is 5.43. The van der Waals surface area contributed by atoms with Gasteiger partial charge in [-0.15, -0.1) is 0 Å². The Morgan fingerprint density at radius 2 is 2.12 bits per heavy atom. The fourth-order valence-electron chi connectivity index (χ4n) is 1.31. The van der Waals surface area contributed by atoms with E-state index in [1.807, 2.05) is 7.05 Å². The molecule has 0 aliphatic rings. The highest BCUT2D eigenvalue weighted by Crippen LogP contribution is 2.08. The van der Waals surface area contributed by atoms with Crippen LogP contribution in [0.1, 0.15) is 0 Å². The number of hydrogen-bond acceptors (Lipinski definition) is 7. The van der Waals surface area contributed by atoms with Crippen LogP contribution in [0, 0.1) is 0 Å². The molecule has 0 amide bonds. The van der Waals surface area contributed by atoms with E-state index in [1.165, 1.54) is 0 Å². The third-order valence-electron chi connectivity index (χ3n) is 2.24. The summed E-state index contributed by atoms with van der Waals surface area (Å²) in [5.74, 6) is 1.20. The van der Waals surface area contributed by atoms with Crippen molar-refractivity contribution < 1.29 is 4.74 Å². The van der Waals surface area contributed by atoms with Crippen LogP contribution in [-0.2, 0) is 4.74 Å². The molecule has 0 bridgehead atoms. The number of nitrogens with one attached hydrogen (secondary N) is 1. The zero-order chi connectivity index (χ0) is 12.7. The van der Waals surface area contributed by atoms with Crippen molar-refractivity contribution in [1.29, 1.82) is 0 Å². The van der Waals surface area contributed by atoms with E-state index in [0.717, 1.165) is 26.2 Å². The molecule has 0 saturated heterocycles. The van der Waals surface area contributed by atoms with Crippen LogP contribution in [0.15, 0.2) is 6.07 Å². The number of nitrogens with two attached hydrogens (primary N) is 2. The molecule has 5 N–H and O–H groups in total. The van der Waals surface area contributed by atoms with Gasteiger partial charge < -0.3 is 26.4 Å². The van der Waals surface area contributed by atoms with Gasteiger partial charge in [0.25, 0.3) is 0 Å². The van der Waals surface area contributed by atoms with Gasteiger partial charge in [-0.05, 0) is 7.05 Å². The highest BCUT2D eigenvalue weighted by atomic mass is 16.5. The average molecular weight is 240 g/mol. The lowest BCUT2D eigenvalue weighted by molar-refractivity contribution is 0.163. The van der Waals surface area contributed by atoms with Crippen LogP contribution < -0.4 is 16.8 Å². The lowest BCUT2D eigenvalue weighted by Crippen LogP contribution is -2.28. The van der Waals surface area contributed by atoms with E-state index >= 15 is 0 Å². The maximum absolute atomic E-state index is 5.56. The van der Waals surface area contributed by atoms with Crippen molar-refractivity contribution in [1.82, 2.24) is 14.9 Å². The predicted octanol–water partition coefficient (Wildman–Crippen LogP) is -0.369. The van der Waals surface area contributed by atoms with Crippen molar-refractivity contribution in [2.75, 3.05) is 57.2 Å². The summed E-state index contributed by atoms with van der Waals surface area (Å²) < 4.78 is 4.99. The average Bonchev–Trinajstić information content (AvgIpc) is 2.25. The van der Waals surface area contributed by atoms with Crippen molar-refractivity contribution in [2.24, 2.45) is 0 Å². The number of likely N-dealkylation sites (N-methyl/N-ethyl adjacent to an activating group) is 1. The SMILES string of the molecule is COCCN(C)CCNc1cc(N)nc(N)n1. The lowest BCUT2D eigenvalue weighted by atomic mass is 10.4. The smallest absolute Gasteiger partial charge is 0.223 e. The highest BCUT2D eigenvalue weighted by molar-refractivity contribution is 5.48. The number of ether oxygens (including phenoxy) is 1. The molecule has 0 radical (unpaired) electrons. The standard InChI is InChI=1S/C10H20N6O/c1-16(5-6-17-2)4-3-13-9-7-8(11)14-10(12)15-9/h7H,3-6H2,1-2H3,(H5,11,12,13,14,15). The fourth-order valence-corrected chi connectivity index (χ4v) is 1.31. The van der Waals surface area contributed by atoms with Crippen LogP contribution in [0.5, 0.6) is 0 Å². The molecule has 1 aromatic heterocycles. The van der Waals surface area contributed by atoms with Crippen molar-refractivity contribution in [3.05, 3.63) is 6.07 Å². The third-order valence-corrected chi connectivity index (χ3v) is 2.24. The summed E-state index contributed by atoms with van der Waals surface area (Å²) in [5.41, 5.74) is 11.0. The molecule has 1 rings (SSSR count). The number of nitrogens with zero attached hydrogens (tertiary/aromatic N) is 3. The third kappa shape index (κ3) is 5.32. The molecular formula is C10H20N6O. The van der Waals surface area contributed by atoms with E-state index in [2.05, 4.69) is 20.2 Å². The summed E-state index contributed by atoms with van der Waals surface area (Å²) >= 11 is 0. The Balaban J connectivity index is 2.30. The molecule has 17 heavy (non-hydrogen) atoms. The monoisotopic (exact) mass is 240 g/mol. The van der Waals surface area contributed by atoms with Gasteiger partial charge in [0, 0.05) is 32.8 Å². The van der Waals surface area contributed by atoms with Crippen molar-refractivity contribution in [2.45, 2.75) is 0 Å². The normalized spacial score (nSPS) is 10.8. The summed E-state index contributed by atoms with van der Waals surface area (Å²) in [6.45, 7) is 3.26. The molecule has 0 unspecified atom stereocenters. The molecule has 0 aliphatic carbocycles. The van der Waals surface area contributed by atoms with Gasteiger partial charge in [-0.2, -0.15) is 9.97 Å². The van der Waals surface area contributed by atoms with Gasteiger partial charge in [-0.1, -0.05) is 0 Å². The minimum atomic E-state index is 0.181. The molecular weight excluding hydrogens is 220 g/mol. The number of anilines is 3. The Labute approximate surface area is 101 Å². The molecule has 0 aromatic carbocycles. The van der Waals surface area contributed by atoms with E-state index in [9.17, 15) is 0 Å². The minimum absolute atomic E-state index is 0.181. The van der Waals surface area contributed by atoms with E-state index in [1.54, 1.807) is 13.2 Å². The molecule has 96 valence electrons. The Bertz CT molecular complexity index is 325. The van der Waals surface area contributed by atoms with Gasteiger partial charge in [-0.3, -0.25) is 0 Å². The Hall–Kier alpha value is -1.60.